The maximum atomic E-state index is 13.5. The van der Waals surface area contributed by atoms with Gasteiger partial charge < -0.3 is 35.9 Å². The molecule has 4 aromatic heterocycles. The number of nitrogens with one attached hydrogen (secondary N) is 2. The van der Waals surface area contributed by atoms with Crippen molar-refractivity contribution in [1.29, 1.82) is 0 Å². The van der Waals surface area contributed by atoms with Crippen LogP contribution in [0.5, 0.6) is 0 Å². The van der Waals surface area contributed by atoms with Crippen molar-refractivity contribution in [3.05, 3.63) is 82.4 Å². The number of nitrogens with two attached hydrogens (primary N) is 2. The van der Waals surface area contributed by atoms with Gasteiger partial charge in [-0.25, -0.2) is 24.4 Å². The maximum absolute atomic E-state index is 13.5. The smallest absolute Gasteiger partial charge is 0.475 e. The van der Waals surface area contributed by atoms with E-state index in [0.717, 1.165) is 33.5 Å². The number of fused-ring (bicyclic) bond motifs is 2. The number of amides is 3. The van der Waals surface area contributed by atoms with E-state index in [1.54, 1.807) is 39.7 Å². The number of carbonyl (C=O) groups is 6. The van der Waals surface area contributed by atoms with Crippen molar-refractivity contribution < 1.29 is 83.6 Å². The zero-order chi connectivity index (χ0) is 53.8. The number of rotatable bonds is 14. The maximum Gasteiger partial charge on any atom is 0.490 e. The molecule has 21 nitrogen and oxygen atoms in total. The Bertz CT molecular complexity index is 2820. The van der Waals surface area contributed by atoms with E-state index in [1.807, 2.05) is 55.0 Å². The first-order chi connectivity index (χ1) is 32.9. The fourth-order valence-electron chi connectivity index (χ4n) is 6.30. The summed E-state index contributed by atoms with van der Waals surface area (Å²) in [5.74, 6) is -8.66. The molecule has 3 amide bonds. The number of aryl methyl sites for hydroxylation is 6. The fourth-order valence-corrected chi connectivity index (χ4v) is 6.30. The second kappa shape index (κ2) is 24.0. The molecule has 0 aliphatic carbocycles. The molecule has 0 aliphatic rings. The van der Waals surface area contributed by atoms with Gasteiger partial charge >= 0.3 is 36.4 Å². The van der Waals surface area contributed by atoms with E-state index in [-0.39, 0.29) is 11.8 Å². The van der Waals surface area contributed by atoms with E-state index in [2.05, 4.69) is 25.8 Å². The van der Waals surface area contributed by atoms with Gasteiger partial charge in [-0.1, -0.05) is 12.1 Å². The van der Waals surface area contributed by atoms with Crippen LogP contribution in [-0.2, 0) is 47.0 Å². The van der Waals surface area contributed by atoms with Gasteiger partial charge in [-0.15, -0.1) is 0 Å². The molecule has 2 aromatic carbocycles. The van der Waals surface area contributed by atoms with Gasteiger partial charge in [-0.2, -0.15) is 49.7 Å². The number of anilines is 2. The summed E-state index contributed by atoms with van der Waals surface area (Å²) >= 11 is 0. The average molecular weight is 1020 g/mol. The topological polar surface area (TPSA) is 310 Å². The molecule has 0 radical (unpaired) electrons. The highest BCUT2D eigenvalue weighted by Gasteiger charge is 2.39. The quantitative estimate of drug-likeness (QED) is 0.0492. The van der Waals surface area contributed by atoms with Crippen LogP contribution in [0, 0.1) is 13.8 Å². The van der Waals surface area contributed by atoms with Gasteiger partial charge in [0, 0.05) is 31.7 Å². The molecule has 0 aliphatic heterocycles. The number of carboxylic acid groups (broad SMARTS) is 3. The van der Waals surface area contributed by atoms with Crippen molar-refractivity contribution in [1.82, 2.24) is 38.7 Å². The minimum Gasteiger partial charge on any atom is -0.475 e. The lowest BCUT2D eigenvalue weighted by atomic mass is 10.1. The number of hydrogen-bond acceptors (Lipinski definition) is 11. The summed E-state index contributed by atoms with van der Waals surface area (Å²) in [7, 11) is 0. The van der Waals surface area contributed by atoms with E-state index in [4.69, 9.17) is 46.2 Å². The minimum absolute atomic E-state index is 0.287. The number of para-hydroxylation sites is 1. The summed E-state index contributed by atoms with van der Waals surface area (Å²) in [6.07, 6.45) is -13.2. The number of primary amides is 1. The summed E-state index contributed by atoms with van der Waals surface area (Å²) in [4.78, 5) is 75.0. The molecule has 30 heteroatoms. The Morgan fingerprint density at radius 3 is 1.45 bits per heavy atom. The standard InChI is InChI=1S/C35H42N12O3.3C2HF3O2/c1-5-46-28(18-21(3)42-46)32(49)40-34-38-25-20-24(31(37)48)12-13-26(25)44(34)16-7-8-17-45-27-11-9-10-23(14-15-36)30(27)39-35(45)41-33(50)29-19-22(4)43-47(29)6-2;3*3-2(4,5)1(6)7/h9-13,18-20H,5-8,14-17,36H2,1-4H3,(H2,37,48)(H,38,40,49)(H,39,41,50);3*(H,6,7). The Morgan fingerprint density at radius 2 is 1.06 bits per heavy atom. The predicted molar refractivity (Wildman–Crippen MR) is 232 cm³/mol. The lowest BCUT2D eigenvalue weighted by Crippen LogP contribution is -2.21. The first kappa shape index (κ1) is 57.3. The summed E-state index contributed by atoms with van der Waals surface area (Å²) in [6, 6.07) is 14.5. The van der Waals surface area contributed by atoms with Crippen molar-refractivity contribution in [3.63, 3.8) is 0 Å². The summed E-state index contributed by atoms with van der Waals surface area (Å²) in [5.41, 5.74) is 18.2. The summed E-state index contributed by atoms with van der Waals surface area (Å²) in [5, 5.41) is 36.2. The van der Waals surface area contributed by atoms with Crippen LogP contribution in [-0.4, -0.2) is 115 Å². The number of carboxylic acids is 3. The third kappa shape index (κ3) is 15.7. The van der Waals surface area contributed by atoms with Crippen molar-refractivity contribution in [2.45, 2.75) is 91.7 Å². The zero-order valence-corrected chi connectivity index (χ0v) is 37.7. The number of aliphatic carboxylic acids is 3. The van der Waals surface area contributed by atoms with Crippen LogP contribution in [0.2, 0.25) is 0 Å². The van der Waals surface area contributed by atoms with E-state index < -0.39 is 42.3 Å². The zero-order valence-electron chi connectivity index (χ0n) is 37.7. The van der Waals surface area contributed by atoms with Crippen molar-refractivity contribution in [2.75, 3.05) is 17.2 Å². The third-order valence-electron chi connectivity index (χ3n) is 9.37. The second-order valence-electron chi connectivity index (χ2n) is 14.6. The SMILES string of the molecule is CCn1nc(C)cc1C(=O)Nc1nc2cc(C(N)=O)ccc2n1CCCCn1c(NC(=O)c2cc(C)nn2CC)nc2c(CCN)cccc21.O=C(O)C(F)(F)F.O=C(O)C(F)(F)F.O=C(O)C(F)(F)F. The molecule has 0 spiro atoms. The molecule has 71 heavy (non-hydrogen) atoms. The number of nitrogens with zero attached hydrogens (tertiary/aromatic N) is 8. The van der Waals surface area contributed by atoms with Gasteiger partial charge in [0.1, 0.15) is 11.4 Å². The molecule has 386 valence electrons. The molecule has 6 aromatic rings. The molecule has 0 atom stereocenters. The van der Waals surface area contributed by atoms with Crippen LogP contribution in [0.1, 0.15) is 75.0 Å². The Balaban J connectivity index is 0.000000529. The molecule has 4 heterocycles. The predicted octanol–water partition coefficient (Wildman–Crippen LogP) is 5.92. The van der Waals surface area contributed by atoms with Gasteiger partial charge in [0.05, 0.1) is 33.5 Å². The van der Waals surface area contributed by atoms with Crippen LogP contribution in [0.4, 0.5) is 51.4 Å². The highest BCUT2D eigenvalue weighted by atomic mass is 19.4. The molecule has 0 saturated heterocycles. The number of halogens is 9. The number of hydrogen-bond donors (Lipinski definition) is 7. The normalized spacial score (nSPS) is 11.4. The number of benzene rings is 2. The number of aromatic nitrogens is 8. The Morgan fingerprint density at radius 1 is 0.634 bits per heavy atom. The molecule has 0 bridgehead atoms. The first-order valence-corrected chi connectivity index (χ1v) is 20.5. The summed E-state index contributed by atoms with van der Waals surface area (Å²) in [6.45, 7) is 10.2. The number of unbranched alkanes of at least 4 members (excludes halogenated alkanes) is 1. The number of carbonyl (C=O) groups excluding carboxylic acids is 3. The highest BCUT2D eigenvalue weighted by molar-refractivity contribution is 6.04. The monoisotopic (exact) mass is 1020 g/mol. The lowest BCUT2D eigenvalue weighted by molar-refractivity contribution is -0.193. The molecule has 6 rings (SSSR count). The van der Waals surface area contributed by atoms with Crippen molar-refractivity contribution in [3.8, 4) is 0 Å². The van der Waals surface area contributed by atoms with Gasteiger partial charge in [0.25, 0.3) is 11.8 Å². The lowest BCUT2D eigenvalue weighted by Gasteiger charge is -2.13. The minimum atomic E-state index is -5.08. The second-order valence-corrected chi connectivity index (χ2v) is 14.6. The third-order valence-corrected chi connectivity index (χ3v) is 9.37. The molecular weight excluding hydrogens is 976 g/mol. The average Bonchev–Trinajstić information content (AvgIpc) is 4.04. The Labute approximate surface area is 394 Å². The van der Waals surface area contributed by atoms with E-state index >= 15 is 0 Å². The molecule has 0 saturated carbocycles. The van der Waals surface area contributed by atoms with Crippen LogP contribution in [0.15, 0.2) is 48.5 Å². The molecule has 9 N–H and O–H groups in total. The molecule has 0 fully saturated rings. The molecular formula is C41H45F9N12O9. The van der Waals surface area contributed by atoms with E-state index in [1.165, 1.54) is 0 Å². The number of alkyl halides is 9. The first-order valence-electron chi connectivity index (χ1n) is 20.5. The largest absolute Gasteiger partial charge is 0.490 e. The summed E-state index contributed by atoms with van der Waals surface area (Å²) < 4.78 is 102. The van der Waals surface area contributed by atoms with E-state index in [9.17, 15) is 53.9 Å². The van der Waals surface area contributed by atoms with Crippen LogP contribution in [0.3, 0.4) is 0 Å². The van der Waals surface area contributed by atoms with Gasteiger partial charge in [-0.05, 0) is 95.5 Å². The molecule has 0 unspecified atom stereocenters. The number of imidazole rings is 2. The Kier molecular flexibility index (Phi) is 19.3. The van der Waals surface area contributed by atoms with Crippen molar-refractivity contribution in [2.24, 2.45) is 11.5 Å². The Hall–Kier alpha value is -8.05. The van der Waals surface area contributed by atoms with Crippen LogP contribution >= 0.6 is 0 Å². The van der Waals surface area contributed by atoms with Crippen LogP contribution < -0.4 is 22.1 Å². The highest BCUT2D eigenvalue weighted by Crippen LogP contribution is 2.27. The van der Waals surface area contributed by atoms with Gasteiger partial charge in [0.2, 0.25) is 17.8 Å². The van der Waals surface area contributed by atoms with Gasteiger partial charge in [0.15, 0.2) is 0 Å². The van der Waals surface area contributed by atoms with E-state index in [0.29, 0.717) is 86.4 Å². The van der Waals surface area contributed by atoms with Crippen LogP contribution in [0.25, 0.3) is 22.1 Å². The van der Waals surface area contributed by atoms with Crippen molar-refractivity contribution >= 4 is 69.6 Å². The van der Waals surface area contributed by atoms with Gasteiger partial charge in [-0.3, -0.25) is 34.4 Å². The fraction of sp³-hybridized carbons (Fsp3) is 0.366.